The number of nitrogens with one attached hydrogen (secondary N) is 1. The van der Waals surface area contributed by atoms with Crippen LogP contribution in [0.2, 0.25) is 0 Å². The Labute approximate surface area is 170 Å². The van der Waals surface area contributed by atoms with Crippen molar-refractivity contribution in [1.82, 2.24) is 4.90 Å². The van der Waals surface area contributed by atoms with E-state index in [2.05, 4.69) is 10.2 Å². The number of aromatic hydroxyl groups is 1. The van der Waals surface area contributed by atoms with Gasteiger partial charge < -0.3 is 10.4 Å². The number of likely N-dealkylation sites (tertiary alicyclic amines) is 1. The monoisotopic (exact) mass is 397 g/mol. The number of amides is 1. The summed E-state index contributed by atoms with van der Waals surface area (Å²) in [7, 11) is 0. The molecule has 0 saturated carbocycles. The lowest BCUT2D eigenvalue weighted by Gasteiger charge is -2.31. The molecule has 154 valence electrons. The minimum Gasteiger partial charge on any atom is -0.508 e. The number of nitrogens with zero attached hydrogens (tertiary/aromatic N) is 2. The molecular formula is C22H27N3O4. The third-order valence-corrected chi connectivity index (χ3v) is 5.55. The highest BCUT2D eigenvalue weighted by atomic mass is 16.6. The van der Waals surface area contributed by atoms with Crippen molar-refractivity contribution in [2.75, 3.05) is 25.0 Å². The van der Waals surface area contributed by atoms with Gasteiger partial charge in [0.2, 0.25) is 5.91 Å². The largest absolute Gasteiger partial charge is 0.508 e. The summed E-state index contributed by atoms with van der Waals surface area (Å²) in [5.74, 6) is 0.855. The van der Waals surface area contributed by atoms with Crippen LogP contribution in [0, 0.1) is 23.0 Å². The molecule has 0 bridgehead atoms. The van der Waals surface area contributed by atoms with Gasteiger partial charge in [-0.15, -0.1) is 0 Å². The molecule has 7 nitrogen and oxygen atoms in total. The van der Waals surface area contributed by atoms with Crippen LogP contribution in [0.4, 0.5) is 11.4 Å². The molecule has 0 atom stereocenters. The molecule has 0 spiro atoms. The number of benzene rings is 2. The van der Waals surface area contributed by atoms with Crippen LogP contribution in [0.25, 0.3) is 0 Å². The smallest absolute Gasteiger partial charge is 0.269 e. The molecular weight excluding hydrogens is 370 g/mol. The van der Waals surface area contributed by atoms with Crippen molar-refractivity contribution in [3.63, 3.8) is 0 Å². The molecule has 1 heterocycles. The quantitative estimate of drug-likeness (QED) is 0.546. The topological polar surface area (TPSA) is 95.7 Å². The first kappa shape index (κ1) is 20.8. The van der Waals surface area contributed by atoms with Crippen LogP contribution in [0.1, 0.15) is 30.4 Å². The van der Waals surface area contributed by atoms with Gasteiger partial charge in [0.1, 0.15) is 5.75 Å². The number of carbonyl (C=O) groups is 1. The van der Waals surface area contributed by atoms with E-state index in [-0.39, 0.29) is 11.6 Å². The lowest BCUT2D eigenvalue weighted by molar-refractivity contribution is -0.384. The number of nitro benzene ring substituents is 1. The maximum Gasteiger partial charge on any atom is 0.269 e. The first-order valence-corrected chi connectivity index (χ1v) is 9.96. The lowest BCUT2D eigenvalue weighted by Crippen LogP contribution is -2.39. The molecule has 29 heavy (non-hydrogen) atoms. The fourth-order valence-electron chi connectivity index (χ4n) is 3.76. The summed E-state index contributed by atoms with van der Waals surface area (Å²) in [6.45, 7) is 3.88. The van der Waals surface area contributed by atoms with Crippen molar-refractivity contribution in [2.45, 2.75) is 32.6 Å². The molecule has 3 rings (SSSR count). The van der Waals surface area contributed by atoms with E-state index in [1.54, 1.807) is 25.1 Å². The third kappa shape index (κ3) is 6.02. The van der Waals surface area contributed by atoms with E-state index >= 15 is 0 Å². The minimum atomic E-state index is -0.440. The molecule has 1 aliphatic rings. The number of aryl methyl sites for hydroxylation is 2. The van der Waals surface area contributed by atoms with Gasteiger partial charge in [0.05, 0.1) is 11.5 Å². The fourth-order valence-corrected chi connectivity index (χ4v) is 3.76. The van der Waals surface area contributed by atoms with Crippen LogP contribution >= 0.6 is 0 Å². The first-order valence-electron chi connectivity index (χ1n) is 9.96. The van der Waals surface area contributed by atoms with E-state index in [1.165, 1.54) is 17.7 Å². The van der Waals surface area contributed by atoms with Crippen molar-refractivity contribution >= 4 is 17.3 Å². The SMILES string of the molecule is Cc1cc([N+](=O)[O-])ccc1NC(=O)CN1CCC(CCc2ccc(O)cc2)CC1. The van der Waals surface area contributed by atoms with Crippen molar-refractivity contribution in [3.8, 4) is 5.75 Å². The van der Waals surface area contributed by atoms with Crippen molar-refractivity contribution in [2.24, 2.45) is 5.92 Å². The van der Waals surface area contributed by atoms with E-state index in [9.17, 15) is 20.0 Å². The summed E-state index contributed by atoms with van der Waals surface area (Å²) < 4.78 is 0. The Morgan fingerprint density at radius 3 is 2.52 bits per heavy atom. The van der Waals surface area contributed by atoms with Crippen LogP contribution in [-0.2, 0) is 11.2 Å². The number of hydrogen-bond acceptors (Lipinski definition) is 5. The van der Waals surface area contributed by atoms with Gasteiger partial charge in [-0.05, 0) is 80.9 Å². The Bertz CT molecular complexity index is 859. The molecule has 0 aromatic heterocycles. The highest BCUT2D eigenvalue weighted by Crippen LogP contribution is 2.24. The highest BCUT2D eigenvalue weighted by molar-refractivity contribution is 5.93. The molecule has 1 aliphatic heterocycles. The summed E-state index contributed by atoms with van der Waals surface area (Å²) in [6.07, 6.45) is 4.27. The van der Waals surface area contributed by atoms with E-state index in [1.807, 2.05) is 12.1 Å². The number of carbonyl (C=O) groups excluding carboxylic acids is 1. The van der Waals surface area contributed by atoms with Gasteiger partial charge in [-0.25, -0.2) is 0 Å². The summed E-state index contributed by atoms with van der Waals surface area (Å²) in [6, 6.07) is 11.8. The predicted octanol–water partition coefficient (Wildman–Crippen LogP) is 3.89. The molecule has 0 unspecified atom stereocenters. The second kappa shape index (κ2) is 9.52. The second-order valence-corrected chi connectivity index (χ2v) is 7.73. The van der Waals surface area contributed by atoms with Crippen LogP contribution in [0.5, 0.6) is 5.75 Å². The summed E-state index contributed by atoms with van der Waals surface area (Å²) >= 11 is 0. The van der Waals surface area contributed by atoms with Gasteiger partial charge in [-0.1, -0.05) is 12.1 Å². The first-order chi connectivity index (χ1) is 13.9. The zero-order chi connectivity index (χ0) is 20.8. The molecule has 7 heteroatoms. The summed E-state index contributed by atoms with van der Waals surface area (Å²) in [5, 5.41) is 23.0. The number of non-ortho nitro benzene ring substituents is 1. The number of rotatable bonds is 7. The summed E-state index contributed by atoms with van der Waals surface area (Å²) in [5.41, 5.74) is 2.56. The van der Waals surface area contributed by atoms with Gasteiger partial charge in [-0.2, -0.15) is 0 Å². The zero-order valence-electron chi connectivity index (χ0n) is 16.6. The van der Waals surface area contributed by atoms with Gasteiger partial charge in [0.25, 0.3) is 5.69 Å². The number of phenols is 1. The van der Waals surface area contributed by atoms with Crippen molar-refractivity contribution in [3.05, 3.63) is 63.7 Å². The maximum absolute atomic E-state index is 12.4. The van der Waals surface area contributed by atoms with Gasteiger partial charge in [0.15, 0.2) is 0 Å². The van der Waals surface area contributed by atoms with Gasteiger partial charge >= 0.3 is 0 Å². The van der Waals surface area contributed by atoms with E-state index < -0.39 is 4.92 Å². The van der Waals surface area contributed by atoms with Crippen LogP contribution in [-0.4, -0.2) is 40.5 Å². The van der Waals surface area contributed by atoms with Crippen LogP contribution in [0.15, 0.2) is 42.5 Å². The minimum absolute atomic E-state index is 0.0230. The van der Waals surface area contributed by atoms with Crippen LogP contribution in [0.3, 0.4) is 0 Å². The zero-order valence-corrected chi connectivity index (χ0v) is 16.6. The van der Waals surface area contributed by atoms with E-state index in [0.29, 0.717) is 29.5 Å². The standard InChI is InChI=1S/C22H27N3O4/c1-16-14-19(25(28)29)6-9-21(16)23-22(27)15-24-12-10-18(11-13-24)3-2-17-4-7-20(26)8-5-17/h4-9,14,18,26H,2-3,10-13,15H2,1H3,(H,23,27). The fraction of sp³-hybridized carbons (Fsp3) is 0.409. The number of piperidine rings is 1. The molecule has 2 aromatic rings. The average Bonchev–Trinajstić information content (AvgIpc) is 2.70. The van der Waals surface area contributed by atoms with Crippen molar-refractivity contribution in [1.29, 1.82) is 0 Å². The molecule has 2 N–H and O–H groups in total. The Hall–Kier alpha value is -2.93. The number of nitro groups is 1. The van der Waals surface area contributed by atoms with Gasteiger partial charge in [0, 0.05) is 17.8 Å². The normalized spacial score (nSPS) is 15.2. The maximum atomic E-state index is 12.4. The Morgan fingerprint density at radius 1 is 1.21 bits per heavy atom. The molecule has 1 saturated heterocycles. The number of hydrogen-bond donors (Lipinski definition) is 2. The van der Waals surface area contributed by atoms with Crippen molar-refractivity contribution < 1.29 is 14.8 Å². The van der Waals surface area contributed by atoms with E-state index in [4.69, 9.17) is 0 Å². The Kier molecular flexibility index (Phi) is 6.82. The third-order valence-electron chi connectivity index (χ3n) is 5.55. The van der Waals surface area contributed by atoms with E-state index in [0.717, 1.165) is 38.8 Å². The predicted molar refractivity (Wildman–Crippen MR) is 112 cm³/mol. The molecule has 1 fully saturated rings. The summed E-state index contributed by atoms with van der Waals surface area (Å²) in [4.78, 5) is 24.9. The number of phenolic OH excluding ortho intramolecular Hbond substituents is 1. The van der Waals surface area contributed by atoms with Crippen LogP contribution < -0.4 is 5.32 Å². The Morgan fingerprint density at radius 2 is 1.90 bits per heavy atom. The molecule has 1 amide bonds. The molecule has 0 radical (unpaired) electrons. The Balaban J connectivity index is 1.41. The molecule has 2 aromatic carbocycles. The number of anilines is 1. The lowest BCUT2D eigenvalue weighted by atomic mass is 9.90. The molecule has 0 aliphatic carbocycles. The second-order valence-electron chi connectivity index (χ2n) is 7.73. The van der Waals surface area contributed by atoms with Gasteiger partial charge in [-0.3, -0.25) is 19.8 Å². The highest BCUT2D eigenvalue weighted by Gasteiger charge is 2.21. The average molecular weight is 397 g/mol.